The zero-order chi connectivity index (χ0) is 21.0. The first-order valence-corrected chi connectivity index (χ1v) is 8.99. The van der Waals surface area contributed by atoms with Gasteiger partial charge in [0.1, 0.15) is 35.3 Å². The van der Waals surface area contributed by atoms with Crippen LogP contribution in [0, 0.1) is 6.92 Å². The Morgan fingerprint density at radius 2 is 1.97 bits per heavy atom. The number of nitrogens with zero attached hydrogens (tertiary/aromatic N) is 2. The van der Waals surface area contributed by atoms with Crippen molar-refractivity contribution in [3.63, 3.8) is 0 Å². The number of rotatable bonds is 7. The maximum atomic E-state index is 12.8. The minimum Gasteiger partial charge on any atom is -0.497 e. The Balaban J connectivity index is 1.78. The summed E-state index contributed by atoms with van der Waals surface area (Å²) in [6.45, 7) is 3.43. The van der Waals surface area contributed by atoms with Crippen LogP contribution in [-0.4, -0.2) is 35.1 Å². The molecule has 0 bridgehead atoms. The number of aromatic nitrogens is 2. The summed E-state index contributed by atoms with van der Waals surface area (Å²) in [7, 11) is 1.58. The number of esters is 1. The van der Waals surface area contributed by atoms with Gasteiger partial charge in [0.2, 0.25) is 11.6 Å². The monoisotopic (exact) mass is 399 g/mol. The second kappa shape index (κ2) is 8.59. The van der Waals surface area contributed by atoms with Crippen molar-refractivity contribution in [3.05, 3.63) is 57.8 Å². The van der Waals surface area contributed by atoms with Crippen LogP contribution in [0.3, 0.4) is 0 Å². The molecule has 1 N–H and O–H groups in total. The predicted octanol–water partition coefficient (Wildman–Crippen LogP) is 1.80. The smallest absolute Gasteiger partial charge is 0.342 e. The van der Waals surface area contributed by atoms with Crippen molar-refractivity contribution in [2.24, 2.45) is 0 Å². The van der Waals surface area contributed by atoms with Gasteiger partial charge < -0.3 is 19.2 Å². The van der Waals surface area contributed by atoms with Crippen LogP contribution in [0.1, 0.15) is 28.6 Å². The molecule has 0 radical (unpaired) electrons. The molecule has 9 nitrogen and oxygen atoms in total. The normalized spacial score (nSPS) is 10.7. The molecule has 3 aromatic rings. The van der Waals surface area contributed by atoms with Crippen LogP contribution in [0.4, 0.5) is 0 Å². The van der Waals surface area contributed by atoms with Gasteiger partial charge in [0, 0.05) is 6.54 Å². The molecule has 0 aliphatic heterocycles. The fraction of sp³-hybridized carbons (Fsp3) is 0.300. The van der Waals surface area contributed by atoms with Gasteiger partial charge in [-0.3, -0.25) is 14.2 Å². The molecule has 0 spiro atoms. The average Bonchev–Trinajstić information content (AvgIpc) is 3.06. The van der Waals surface area contributed by atoms with E-state index in [2.05, 4.69) is 10.3 Å². The van der Waals surface area contributed by atoms with Crippen LogP contribution < -0.4 is 15.6 Å². The van der Waals surface area contributed by atoms with Gasteiger partial charge in [-0.05, 0) is 31.5 Å². The van der Waals surface area contributed by atoms with Crippen molar-refractivity contribution in [1.29, 1.82) is 0 Å². The van der Waals surface area contributed by atoms with Crippen LogP contribution in [0.25, 0.3) is 11.1 Å². The third-order valence-electron chi connectivity index (χ3n) is 4.30. The van der Waals surface area contributed by atoms with Crippen molar-refractivity contribution in [1.82, 2.24) is 14.9 Å². The number of carbonyl (C=O) groups is 2. The molecule has 2 heterocycles. The molecule has 0 saturated carbocycles. The molecule has 3 rings (SSSR count). The van der Waals surface area contributed by atoms with Crippen molar-refractivity contribution in [2.45, 2.75) is 26.9 Å². The number of ether oxygens (including phenoxy) is 2. The van der Waals surface area contributed by atoms with Crippen LogP contribution in [0.15, 0.2) is 39.8 Å². The molecule has 0 fully saturated rings. The second-order valence-electron chi connectivity index (χ2n) is 6.24. The third kappa shape index (κ3) is 4.29. The fourth-order valence-corrected chi connectivity index (χ4v) is 2.85. The van der Waals surface area contributed by atoms with Gasteiger partial charge in [0.05, 0.1) is 13.7 Å². The lowest BCUT2D eigenvalue weighted by Gasteiger charge is -2.08. The Hall–Kier alpha value is -3.62. The van der Waals surface area contributed by atoms with Gasteiger partial charge in [-0.1, -0.05) is 12.1 Å². The van der Waals surface area contributed by atoms with Gasteiger partial charge >= 0.3 is 5.97 Å². The second-order valence-corrected chi connectivity index (χ2v) is 6.24. The molecule has 0 aliphatic carbocycles. The minimum atomic E-state index is -0.663. The van der Waals surface area contributed by atoms with E-state index in [1.165, 1.54) is 6.33 Å². The molecular formula is C20H21N3O6. The largest absolute Gasteiger partial charge is 0.497 e. The molecule has 0 saturated heterocycles. The number of furan rings is 1. The predicted molar refractivity (Wildman–Crippen MR) is 104 cm³/mol. The summed E-state index contributed by atoms with van der Waals surface area (Å²) in [5.74, 6) is -0.0742. The summed E-state index contributed by atoms with van der Waals surface area (Å²) in [6.07, 6.45) is 1.22. The first-order chi connectivity index (χ1) is 13.9. The Labute approximate surface area is 166 Å². The molecule has 0 atom stereocenters. The Morgan fingerprint density at radius 3 is 2.62 bits per heavy atom. The number of carbonyl (C=O) groups excluding carboxylic acids is 2. The Morgan fingerprint density at radius 1 is 1.24 bits per heavy atom. The lowest BCUT2D eigenvalue weighted by Crippen LogP contribution is -2.32. The number of fused-ring (bicyclic) bond motifs is 1. The first-order valence-electron chi connectivity index (χ1n) is 8.99. The van der Waals surface area contributed by atoms with Gasteiger partial charge in [-0.2, -0.15) is 0 Å². The summed E-state index contributed by atoms with van der Waals surface area (Å²) in [6, 6.07) is 7.25. The van der Waals surface area contributed by atoms with Crippen molar-refractivity contribution >= 4 is 23.0 Å². The quantitative estimate of drug-likeness (QED) is 0.603. The van der Waals surface area contributed by atoms with E-state index in [0.717, 1.165) is 15.9 Å². The summed E-state index contributed by atoms with van der Waals surface area (Å²) in [5, 5.41) is 2.75. The molecule has 29 heavy (non-hydrogen) atoms. The van der Waals surface area contributed by atoms with Gasteiger partial charge in [-0.15, -0.1) is 0 Å². The molecule has 0 unspecified atom stereocenters. The molecule has 2 aromatic heterocycles. The van der Waals surface area contributed by atoms with Crippen molar-refractivity contribution in [3.8, 4) is 5.75 Å². The van der Waals surface area contributed by atoms with Crippen molar-refractivity contribution in [2.75, 3.05) is 13.7 Å². The highest BCUT2D eigenvalue weighted by molar-refractivity contribution is 6.03. The van der Waals surface area contributed by atoms with E-state index in [4.69, 9.17) is 13.9 Å². The highest BCUT2D eigenvalue weighted by Gasteiger charge is 2.24. The number of hydrogen-bond donors (Lipinski definition) is 1. The number of nitrogens with one attached hydrogen (secondary N) is 1. The maximum Gasteiger partial charge on any atom is 0.342 e. The summed E-state index contributed by atoms with van der Waals surface area (Å²) < 4.78 is 16.6. The molecule has 9 heteroatoms. The Bertz CT molecular complexity index is 1100. The minimum absolute atomic E-state index is 0.00593. The summed E-state index contributed by atoms with van der Waals surface area (Å²) in [5.41, 5.74) is 0.405. The lowest BCUT2D eigenvalue weighted by molar-refractivity contribution is -0.121. The first kappa shape index (κ1) is 20.1. The zero-order valence-corrected chi connectivity index (χ0v) is 16.4. The standard InChI is InChI=1S/C20H21N3O6/c1-4-28-20(26)16-12(2)29-18-17(16)19(25)23(11-22-18)10-15(24)21-9-13-5-7-14(27-3)8-6-13/h5-8,11H,4,9-10H2,1-3H3,(H,21,24). The topological polar surface area (TPSA) is 113 Å². The van der Waals surface area contributed by atoms with E-state index in [9.17, 15) is 14.4 Å². The number of hydrogen-bond acceptors (Lipinski definition) is 7. The maximum absolute atomic E-state index is 12.8. The number of amides is 1. The van der Waals surface area contributed by atoms with E-state index < -0.39 is 11.5 Å². The van der Waals surface area contributed by atoms with Crippen LogP contribution in [-0.2, 0) is 22.6 Å². The number of benzene rings is 1. The average molecular weight is 399 g/mol. The van der Waals surface area contributed by atoms with Crippen LogP contribution in [0.2, 0.25) is 0 Å². The van der Waals surface area contributed by atoms with Crippen LogP contribution >= 0.6 is 0 Å². The highest BCUT2D eigenvalue weighted by atomic mass is 16.5. The van der Waals surface area contributed by atoms with E-state index in [0.29, 0.717) is 6.54 Å². The number of methoxy groups -OCH3 is 1. The van der Waals surface area contributed by atoms with Gasteiger partial charge in [0.15, 0.2) is 0 Å². The molecule has 152 valence electrons. The SMILES string of the molecule is CCOC(=O)c1c(C)oc2ncn(CC(=O)NCc3ccc(OC)cc3)c(=O)c12. The van der Waals surface area contributed by atoms with E-state index in [1.807, 2.05) is 12.1 Å². The van der Waals surface area contributed by atoms with E-state index in [-0.39, 0.29) is 41.5 Å². The van der Waals surface area contributed by atoms with Crippen LogP contribution in [0.5, 0.6) is 5.75 Å². The summed E-state index contributed by atoms with van der Waals surface area (Å²) in [4.78, 5) is 41.3. The highest BCUT2D eigenvalue weighted by Crippen LogP contribution is 2.21. The summed E-state index contributed by atoms with van der Waals surface area (Å²) >= 11 is 0. The molecular weight excluding hydrogens is 378 g/mol. The molecule has 1 amide bonds. The lowest BCUT2D eigenvalue weighted by atomic mass is 10.2. The van der Waals surface area contributed by atoms with Crippen molar-refractivity contribution < 1.29 is 23.5 Å². The molecule has 0 aliphatic rings. The van der Waals surface area contributed by atoms with Gasteiger partial charge in [0.25, 0.3) is 5.56 Å². The Kier molecular flexibility index (Phi) is 5.96. The zero-order valence-electron chi connectivity index (χ0n) is 16.4. The fourth-order valence-electron chi connectivity index (χ4n) is 2.85. The molecule has 1 aromatic carbocycles. The van der Waals surface area contributed by atoms with E-state index in [1.54, 1.807) is 33.1 Å². The number of aryl methyl sites for hydroxylation is 1. The third-order valence-corrected chi connectivity index (χ3v) is 4.30. The van der Waals surface area contributed by atoms with Gasteiger partial charge in [-0.25, -0.2) is 9.78 Å². The van der Waals surface area contributed by atoms with E-state index >= 15 is 0 Å².